The van der Waals surface area contributed by atoms with E-state index in [4.69, 9.17) is 0 Å². The highest BCUT2D eigenvalue weighted by Crippen LogP contribution is 2.38. The van der Waals surface area contributed by atoms with Gasteiger partial charge in [0.15, 0.2) is 0 Å². The summed E-state index contributed by atoms with van der Waals surface area (Å²) >= 11 is 0. The molecule has 1 aliphatic heterocycles. The molecule has 0 amide bonds. The number of rotatable bonds is 4. The zero-order valence-corrected chi connectivity index (χ0v) is 13.0. The maximum Gasteiger partial charge on any atom is 0.352 e. The van der Waals surface area contributed by atoms with Crippen LogP contribution >= 0.6 is 0 Å². The highest BCUT2D eigenvalue weighted by atomic mass is 32.2. The molecule has 2 atom stereocenters. The van der Waals surface area contributed by atoms with Gasteiger partial charge in [0.1, 0.15) is 10.6 Å². The van der Waals surface area contributed by atoms with Crippen LogP contribution in [0.25, 0.3) is 0 Å². The number of aromatic carboxylic acids is 1. The number of sulfonamides is 1. The minimum atomic E-state index is -3.60. The molecule has 0 bridgehead atoms. The Hall–Kier alpha value is -1.34. The van der Waals surface area contributed by atoms with E-state index in [1.165, 1.54) is 16.6 Å². The summed E-state index contributed by atoms with van der Waals surface area (Å²) in [6.45, 7) is 5.08. The van der Waals surface area contributed by atoms with Gasteiger partial charge in [-0.1, -0.05) is 13.8 Å². The number of carboxylic acids is 1. The van der Waals surface area contributed by atoms with E-state index in [0.29, 0.717) is 24.9 Å². The minimum absolute atomic E-state index is 0.0661. The second kappa shape index (κ2) is 4.84. The summed E-state index contributed by atoms with van der Waals surface area (Å²) in [7, 11) is -3.60. The van der Waals surface area contributed by atoms with Gasteiger partial charge in [0.05, 0.1) is 0 Å². The van der Waals surface area contributed by atoms with Gasteiger partial charge < -0.3 is 9.67 Å². The number of carboxylic acid groups (broad SMARTS) is 1. The SMILES string of the molecule is CC1CN(S(=O)(=O)c2cc(C(=O)O)n(C3CC3)c2)CC1C. The fourth-order valence-corrected chi connectivity index (χ4v) is 4.51. The van der Waals surface area contributed by atoms with Crippen LogP contribution in [0, 0.1) is 11.8 Å². The number of hydrogen-bond acceptors (Lipinski definition) is 3. The molecule has 116 valence electrons. The van der Waals surface area contributed by atoms with Crippen molar-refractivity contribution >= 4 is 16.0 Å². The van der Waals surface area contributed by atoms with Crippen molar-refractivity contribution in [2.24, 2.45) is 11.8 Å². The Morgan fingerprint density at radius 1 is 1.24 bits per heavy atom. The normalized spacial score (nSPS) is 27.1. The van der Waals surface area contributed by atoms with E-state index in [0.717, 1.165) is 12.8 Å². The standard InChI is InChI=1S/C14H20N2O4S/c1-9-6-15(7-10(9)2)21(19,20)12-5-13(14(17)18)16(8-12)11-3-4-11/h5,8-11H,3-4,6-7H2,1-2H3,(H,17,18). The van der Waals surface area contributed by atoms with Crippen LogP contribution in [-0.2, 0) is 10.0 Å². The summed E-state index contributed by atoms with van der Waals surface area (Å²) in [6, 6.07) is 1.43. The van der Waals surface area contributed by atoms with E-state index in [-0.39, 0.29) is 16.6 Å². The lowest BCUT2D eigenvalue weighted by Crippen LogP contribution is -2.28. The van der Waals surface area contributed by atoms with Gasteiger partial charge in [-0.05, 0) is 30.7 Å². The van der Waals surface area contributed by atoms with Crippen molar-refractivity contribution in [2.75, 3.05) is 13.1 Å². The van der Waals surface area contributed by atoms with Crippen LogP contribution in [0.4, 0.5) is 0 Å². The third kappa shape index (κ3) is 2.48. The molecule has 0 radical (unpaired) electrons. The molecule has 1 saturated carbocycles. The monoisotopic (exact) mass is 312 g/mol. The van der Waals surface area contributed by atoms with E-state index >= 15 is 0 Å². The summed E-state index contributed by atoms with van der Waals surface area (Å²) in [6.07, 6.45) is 3.31. The largest absolute Gasteiger partial charge is 0.477 e. The zero-order chi connectivity index (χ0) is 15.4. The van der Waals surface area contributed by atoms with Crippen molar-refractivity contribution < 1.29 is 18.3 Å². The average molecular weight is 312 g/mol. The summed E-state index contributed by atoms with van der Waals surface area (Å²) in [5, 5.41) is 9.24. The molecule has 1 N–H and O–H groups in total. The Morgan fingerprint density at radius 3 is 2.29 bits per heavy atom. The molecule has 0 aromatic carbocycles. The van der Waals surface area contributed by atoms with Gasteiger partial charge in [-0.3, -0.25) is 0 Å². The Balaban J connectivity index is 1.96. The Morgan fingerprint density at radius 2 is 1.81 bits per heavy atom. The van der Waals surface area contributed by atoms with Crippen LogP contribution in [0.15, 0.2) is 17.2 Å². The van der Waals surface area contributed by atoms with Gasteiger partial charge in [-0.15, -0.1) is 0 Å². The number of nitrogens with zero attached hydrogens (tertiary/aromatic N) is 2. The van der Waals surface area contributed by atoms with Crippen molar-refractivity contribution in [1.29, 1.82) is 0 Å². The molecular formula is C14H20N2O4S. The van der Waals surface area contributed by atoms with E-state index < -0.39 is 16.0 Å². The highest BCUT2D eigenvalue weighted by molar-refractivity contribution is 7.89. The molecule has 3 rings (SSSR count). The van der Waals surface area contributed by atoms with Crippen molar-refractivity contribution in [2.45, 2.75) is 37.6 Å². The smallest absolute Gasteiger partial charge is 0.352 e. The fraction of sp³-hybridized carbons (Fsp3) is 0.643. The summed E-state index contributed by atoms with van der Waals surface area (Å²) in [5.41, 5.74) is 0.0661. The maximum absolute atomic E-state index is 12.7. The Labute approximate surface area is 124 Å². The lowest BCUT2D eigenvalue weighted by Gasteiger charge is -2.14. The molecule has 2 aliphatic rings. The molecule has 2 heterocycles. The first-order valence-corrected chi connectivity index (χ1v) is 8.70. The first kappa shape index (κ1) is 14.6. The number of carbonyl (C=O) groups is 1. The molecule has 6 nitrogen and oxygen atoms in total. The Kier molecular flexibility index (Phi) is 3.37. The first-order chi connectivity index (χ1) is 9.80. The molecule has 2 unspecified atom stereocenters. The van der Waals surface area contributed by atoms with Gasteiger partial charge in [-0.25, -0.2) is 13.2 Å². The molecule has 1 aliphatic carbocycles. The van der Waals surface area contributed by atoms with Crippen molar-refractivity contribution in [3.05, 3.63) is 18.0 Å². The predicted octanol–water partition coefficient (Wildman–Crippen LogP) is 1.80. The van der Waals surface area contributed by atoms with Crippen LogP contribution in [0.2, 0.25) is 0 Å². The summed E-state index contributed by atoms with van der Waals surface area (Å²) in [5.74, 6) is -0.431. The topological polar surface area (TPSA) is 79.6 Å². The molecule has 1 aromatic rings. The van der Waals surface area contributed by atoms with E-state index in [2.05, 4.69) is 0 Å². The minimum Gasteiger partial charge on any atom is -0.477 e. The molecule has 0 spiro atoms. The molecule has 1 aromatic heterocycles. The zero-order valence-electron chi connectivity index (χ0n) is 12.2. The van der Waals surface area contributed by atoms with Crippen LogP contribution < -0.4 is 0 Å². The van der Waals surface area contributed by atoms with Crippen molar-refractivity contribution in [3.63, 3.8) is 0 Å². The fourth-order valence-electron chi connectivity index (χ4n) is 2.84. The lowest BCUT2D eigenvalue weighted by molar-refractivity contribution is 0.0685. The van der Waals surface area contributed by atoms with Crippen molar-refractivity contribution in [1.82, 2.24) is 8.87 Å². The van der Waals surface area contributed by atoms with Gasteiger partial charge >= 0.3 is 5.97 Å². The summed E-state index contributed by atoms with van der Waals surface area (Å²) in [4.78, 5) is 11.4. The predicted molar refractivity (Wildman–Crippen MR) is 76.7 cm³/mol. The average Bonchev–Trinajstić information content (AvgIpc) is 3.04. The molecular weight excluding hydrogens is 292 g/mol. The maximum atomic E-state index is 12.7. The van der Waals surface area contributed by atoms with Crippen molar-refractivity contribution in [3.8, 4) is 0 Å². The lowest BCUT2D eigenvalue weighted by atomic mass is 10.0. The number of aromatic nitrogens is 1. The molecule has 2 fully saturated rings. The van der Waals surface area contributed by atoms with Crippen LogP contribution in [0.5, 0.6) is 0 Å². The summed E-state index contributed by atoms with van der Waals surface area (Å²) < 4.78 is 28.4. The van der Waals surface area contributed by atoms with E-state index in [1.807, 2.05) is 13.8 Å². The Bertz CT molecular complexity index is 665. The van der Waals surface area contributed by atoms with E-state index in [9.17, 15) is 18.3 Å². The van der Waals surface area contributed by atoms with Crippen LogP contribution in [-0.4, -0.2) is 41.5 Å². The van der Waals surface area contributed by atoms with Gasteiger partial charge in [0.25, 0.3) is 0 Å². The second-order valence-electron chi connectivity index (χ2n) is 6.28. The third-order valence-electron chi connectivity index (χ3n) is 4.58. The number of hydrogen-bond donors (Lipinski definition) is 1. The molecule has 21 heavy (non-hydrogen) atoms. The molecule has 1 saturated heterocycles. The van der Waals surface area contributed by atoms with Gasteiger partial charge in [0.2, 0.25) is 10.0 Å². The van der Waals surface area contributed by atoms with Gasteiger partial charge in [0, 0.05) is 25.3 Å². The van der Waals surface area contributed by atoms with Crippen LogP contribution in [0.3, 0.4) is 0 Å². The second-order valence-corrected chi connectivity index (χ2v) is 8.22. The van der Waals surface area contributed by atoms with Gasteiger partial charge in [-0.2, -0.15) is 4.31 Å². The van der Waals surface area contributed by atoms with E-state index in [1.54, 1.807) is 4.57 Å². The highest BCUT2D eigenvalue weighted by Gasteiger charge is 2.37. The first-order valence-electron chi connectivity index (χ1n) is 7.26. The molecule has 7 heteroatoms. The van der Waals surface area contributed by atoms with Crippen LogP contribution in [0.1, 0.15) is 43.2 Å². The quantitative estimate of drug-likeness (QED) is 0.919. The third-order valence-corrected chi connectivity index (χ3v) is 6.37.